The molecule has 1 heterocycles. The number of rotatable bonds is 2. The largest absolute Gasteiger partial charge is 0.368 e. The van der Waals surface area contributed by atoms with Gasteiger partial charge in [0.15, 0.2) is 11.6 Å². The van der Waals surface area contributed by atoms with Crippen LogP contribution in [0.5, 0.6) is 0 Å². The highest BCUT2D eigenvalue weighted by atomic mass is 19.1. The molecule has 2 rings (SSSR count). The van der Waals surface area contributed by atoms with E-state index in [1.807, 2.05) is 11.9 Å². The Morgan fingerprint density at radius 2 is 2.31 bits per heavy atom. The summed E-state index contributed by atoms with van der Waals surface area (Å²) in [6.45, 7) is 0. The first-order chi connectivity index (χ1) is 6.18. The van der Waals surface area contributed by atoms with Gasteiger partial charge in [-0.3, -0.25) is 0 Å². The van der Waals surface area contributed by atoms with E-state index in [2.05, 4.69) is 9.97 Å². The lowest BCUT2D eigenvalue weighted by molar-refractivity contribution is 0.607. The lowest BCUT2D eigenvalue weighted by atomic mass is 10.4. The van der Waals surface area contributed by atoms with Crippen molar-refractivity contribution in [3.8, 4) is 0 Å². The Morgan fingerprint density at radius 3 is 2.92 bits per heavy atom. The number of hydrogen-bond acceptors (Lipinski definition) is 4. The number of halogens is 1. The number of nitrogens with zero attached hydrogens (tertiary/aromatic N) is 3. The molecule has 1 aliphatic carbocycles. The zero-order valence-electron chi connectivity index (χ0n) is 7.37. The van der Waals surface area contributed by atoms with Crippen LogP contribution in [0.2, 0.25) is 0 Å². The summed E-state index contributed by atoms with van der Waals surface area (Å²) in [6, 6.07) is 0.420. The third-order valence-electron chi connectivity index (χ3n) is 2.17. The second kappa shape index (κ2) is 2.83. The fourth-order valence-corrected chi connectivity index (χ4v) is 1.25. The van der Waals surface area contributed by atoms with Gasteiger partial charge in [-0.25, -0.2) is 9.37 Å². The molecule has 13 heavy (non-hydrogen) atoms. The normalized spacial score (nSPS) is 15.8. The summed E-state index contributed by atoms with van der Waals surface area (Å²) in [5.74, 6) is 0.00231. The second-order valence-corrected chi connectivity index (χ2v) is 3.24. The zero-order chi connectivity index (χ0) is 9.42. The maximum atomic E-state index is 13.2. The van der Waals surface area contributed by atoms with Crippen LogP contribution in [-0.2, 0) is 0 Å². The molecule has 2 N–H and O–H groups in total. The summed E-state index contributed by atoms with van der Waals surface area (Å²) in [5.41, 5.74) is 5.37. The minimum atomic E-state index is -0.413. The predicted molar refractivity (Wildman–Crippen MR) is 47.8 cm³/mol. The van der Waals surface area contributed by atoms with Gasteiger partial charge < -0.3 is 10.6 Å². The van der Waals surface area contributed by atoms with Gasteiger partial charge in [-0.1, -0.05) is 0 Å². The van der Waals surface area contributed by atoms with E-state index in [0.29, 0.717) is 11.9 Å². The van der Waals surface area contributed by atoms with Crippen molar-refractivity contribution in [2.24, 2.45) is 0 Å². The minimum Gasteiger partial charge on any atom is -0.368 e. The Morgan fingerprint density at radius 1 is 1.62 bits per heavy atom. The molecular weight excluding hydrogens is 171 g/mol. The Balaban J connectivity index is 2.31. The smallest absolute Gasteiger partial charge is 0.222 e. The van der Waals surface area contributed by atoms with Gasteiger partial charge in [0.1, 0.15) is 0 Å². The van der Waals surface area contributed by atoms with Gasteiger partial charge in [0.05, 0.1) is 6.20 Å². The molecule has 1 aliphatic rings. The fraction of sp³-hybridized carbons (Fsp3) is 0.500. The molecule has 1 aromatic heterocycles. The highest BCUT2D eigenvalue weighted by Gasteiger charge is 2.28. The van der Waals surface area contributed by atoms with Crippen LogP contribution in [0.15, 0.2) is 6.20 Å². The van der Waals surface area contributed by atoms with E-state index in [4.69, 9.17) is 5.73 Å². The molecule has 0 aromatic carbocycles. The maximum absolute atomic E-state index is 13.2. The van der Waals surface area contributed by atoms with Crippen LogP contribution in [0.1, 0.15) is 12.8 Å². The molecule has 5 heteroatoms. The van der Waals surface area contributed by atoms with Crippen molar-refractivity contribution in [1.82, 2.24) is 9.97 Å². The lowest BCUT2D eigenvalue weighted by Crippen LogP contribution is -2.22. The Bertz CT molecular complexity index is 324. The van der Waals surface area contributed by atoms with Crippen molar-refractivity contribution in [2.45, 2.75) is 18.9 Å². The summed E-state index contributed by atoms with van der Waals surface area (Å²) in [7, 11) is 1.82. The quantitative estimate of drug-likeness (QED) is 0.734. The van der Waals surface area contributed by atoms with E-state index in [1.165, 1.54) is 0 Å². The minimum absolute atomic E-state index is 0.115. The van der Waals surface area contributed by atoms with Gasteiger partial charge in [-0.15, -0.1) is 0 Å². The fourth-order valence-electron chi connectivity index (χ4n) is 1.25. The van der Waals surface area contributed by atoms with Crippen molar-refractivity contribution in [1.29, 1.82) is 0 Å². The SMILES string of the molecule is CN(c1nc(N)ncc1F)C1CC1. The topological polar surface area (TPSA) is 55.0 Å². The maximum Gasteiger partial charge on any atom is 0.222 e. The van der Waals surface area contributed by atoms with Gasteiger partial charge in [0, 0.05) is 13.1 Å². The molecule has 0 spiro atoms. The first-order valence-corrected chi connectivity index (χ1v) is 4.19. The van der Waals surface area contributed by atoms with E-state index in [0.717, 1.165) is 19.0 Å². The number of anilines is 2. The van der Waals surface area contributed by atoms with Gasteiger partial charge in [-0.05, 0) is 12.8 Å². The van der Waals surface area contributed by atoms with Crippen LogP contribution >= 0.6 is 0 Å². The molecular formula is C8H11FN4. The first kappa shape index (κ1) is 8.22. The van der Waals surface area contributed by atoms with E-state index in [-0.39, 0.29) is 5.95 Å². The van der Waals surface area contributed by atoms with Gasteiger partial charge in [0.2, 0.25) is 5.95 Å². The average molecular weight is 182 g/mol. The molecule has 1 saturated carbocycles. The second-order valence-electron chi connectivity index (χ2n) is 3.24. The van der Waals surface area contributed by atoms with E-state index in [9.17, 15) is 4.39 Å². The molecule has 0 bridgehead atoms. The summed E-state index contributed by atoms with van der Waals surface area (Å²) < 4.78 is 13.2. The highest BCUT2D eigenvalue weighted by Crippen LogP contribution is 2.30. The van der Waals surface area contributed by atoms with Crippen LogP contribution in [-0.4, -0.2) is 23.1 Å². The molecule has 0 aliphatic heterocycles. The van der Waals surface area contributed by atoms with Crippen LogP contribution in [0, 0.1) is 5.82 Å². The Labute approximate surface area is 75.6 Å². The third kappa shape index (κ3) is 1.54. The predicted octanol–water partition coefficient (Wildman–Crippen LogP) is 0.796. The molecule has 0 unspecified atom stereocenters. The van der Waals surface area contributed by atoms with Gasteiger partial charge in [0.25, 0.3) is 0 Å². The van der Waals surface area contributed by atoms with Crippen molar-refractivity contribution in [3.05, 3.63) is 12.0 Å². The van der Waals surface area contributed by atoms with E-state index < -0.39 is 5.82 Å². The third-order valence-corrected chi connectivity index (χ3v) is 2.17. The highest BCUT2D eigenvalue weighted by molar-refractivity contribution is 5.43. The van der Waals surface area contributed by atoms with Crippen LogP contribution in [0.4, 0.5) is 16.2 Å². The molecule has 1 fully saturated rings. The number of nitrogens with two attached hydrogens (primary N) is 1. The molecule has 70 valence electrons. The first-order valence-electron chi connectivity index (χ1n) is 4.19. The van der Waals surface area contributed by atoms with Crippen molar-refractivity contribution < 1.29 is 4.39 Å². The summed E-state index contributed by atoms with van der Waals surface area (Å²) in [5, 5.41) is 0. The van der Waals surface area contributed by atoms with E-state index in [1.54, 1.807) is 0 Å². The summed E-state index contributed by atoms with van der Waals surface area (Å²) in [6.07, 6.45) is 3.30. The van der Waals surface area contributed by atoms with Crippen LogP contribution < -0.4 is 10.6 Å². The number of hydrogen-bond donors (Lipinski definition) is 1. The van der Waals surface area contributed by atoms with Gasteiger partial charge >= 0.3 is 0 Å². The standard InChI is InChI=1S/C8H11FN4/c1-13(5-2-3-5)7-6(9)4-11-8(10)12-7/h4-5H,2-3H2,1H3,(H2,10,11,12). The number of nitrogen functional groups attached to an aromatic ring is 1. The van der Waals surface area contributed by atoms with Gasteiger partial charge in [-0.2, -0.15) is 4.98 Å². The lowest BCUT2D eigenvalue weighted by Gasteiger charge is -2.17. The molecule has 0 saturated heterocycles. The Hall–Kier alpha value is -1.39. The average Bonchev–Trinajstić information content (AvgIpc) is 2.91. The van der Waals surface area contributed by atoms with Crippen molar-refractivity contribution in [3.63, 3.8) is 0 Å². The molecule has 4 nitrogen and oxygen atoms in total. The molecule has 1 aromatic rings. The zero-order valence-corrected chi connectivity index (χ0v) is 7.37. The molecule has 0 atom stereocenters. The van der Waals surface area contributed by atoms with Crippen molar-refractivity contribution >= 4 is 11.8 Å². The van der Waals surface area contributed by atoms with Crippen molar-refractivity contribution in [2.75, 3.05) is 17.7 Å². The van der Waals surface area contributed by atoms with E-state index >= 15 is 0 Å². The van der Waals surface area contributed by atoms with Crippen LogP contribution in [0.3, 0.4) is 0 Å². The number of aromatic nitrogens is 2. The monoisotopic (exact) mass is 182 g/mol. The molecule has 0 radical (unpaired) electrons. The van der Waals surface area contributed by atoms with Crippen LogP contribution in [0.25, 0.3) is 0 Å². The Kier molecular flexibility index (Phi) is 1.79. The summed E-state index contributed by atoms with van der Waals surface area (Å²) >= 11 is 0. The summed E-state index contributed by atoms with van der Waals surface area (Å²) in [4.78, 5) is 9.23. The molecule has 0 amide bonds.